The number of ether oxygens (including phenoxy) is 3. The zero-order chi connectivity index (χ0) is 27.6. The molecule has 1 heterocycles. The van der Waals surface area contributed by atoms with Gasteiger partial charge in [-0.05, 0) is 84.7 Å². The van der Waals surface area contributed by atoms with Gasteiger partial charge in [-0.2, -0.15) is 0 Å². The normalized spacial score (nSPS) is 14.7. The van der Waals surface area contributed by atoms with E-state index in [0.29, 0.717) is 23.1 Å². The molecular weight excluding hydrogens is 514 g/mol. The van der Waals surface area contributed by atoms with Gasteiger partial charge < -0.3 is 19.3 Å². The van der Waals surface area contributed by atoms with Gasteiger partial charge >= 0.3 is 5.97 Å². The maximum atomic E-state index is 11.1. The largest absolute Gasteiger partial charge is 0.489 e. The Morgan fingerprint density at radius 3 is 2.38 bits per heavy atom. The first-order chi connectivity index (χ1) is 18.9. The molecule has 4 rings (SSSR count). The molecule has 3 aromatic carbocycles. The molecule has 202 valence electrons. The number of carboxylic acids is 1. The highest BCUT2D eigenvalue weighted by Crippen LogP contribution is 2.27. The molecule has 0 aliphatic carbocycles. The van der Waals surface area contributed by atoms with Crippen LogP contribution in [0.3, 0.4) is 0 Å². The maximum Gasteiger partial charge on any atom is 0.344 e. The Bertz CT molecular complexity index is 1350. The maximum absolute atomic E-state index is 11.1. The summed E-state index contributed by atoms with van der Waals surface area (Å²) in [5.74, 6) is 6.70. The van der Waals surface area contributed by atoms with Crippen molar-refractivity contribution in [3.8, 4) is 23.3 Å². The number of hydrogen-bond donors (Lipinski definition) is 1. The molecule has 1 aliphatic rings. The van der Waals surface area contributed by atoms with Gasteiger partial charge in [0, 0.05) is 23.7 Å². The summed E-state index contributed by atoms with van der Waals surface area (Å²) in [4.78, 5) is 13.4. The number of aryl methyl sites for hydroxylation is 1. The van der Waals surface area contributed by atoms with Gasteiger partial charge in [0.05, 0.1) is 19.8 Å². The van der Waals surface area contributed by atoms with Gasteiger partial charge in [-0.1, -0.05) is 47.7 Å². The lowest BCUT2D eigenvalue weighted by Gasteiger charge is -2.24. The van der Waals surface area contributed by atoms with E-state index >= 15 is 0 Å². The standard InChI is InChI=1S/C32H32ClNO5/c1-23-22-29(13-14-31(23)39-24(2)32(35)36)38-19-15-30(27-9-11-28(33)12-10-27)26-7-5-25(6-8-26)4-3-16-34-17-20-37-21-18-34/h5-15,22,24H,16-21H2,1-2H3,(H,35,36)/b30-15+. The number of aliphatic carboxylic acids is 1. The molecule has 0 bridgehead atoms. The third-order valence-electron chi connectivity index (χ3n) is 6.33. The van der Waals surface area contributed by atoms with E-state index in [9.17, 15) is 4.79 Å². The van der Waals surface area contributed by atoms with Crippen molar-refractivity contribution in [2.45, 2.75) is 20.0 Å². The first-order valence-corrected chi connectivity index (χ1v) is 13.3. The number of rotatable bonds is 9. The highest BCUT2D eigenvalue weighted by molar-refractivity contribution is 6.30. The lowest BCUT2D eigenvalue weighted by molar-refractivity contribution is -0.144. The summed E-state index contributed by atoms with van der Waals surface area (Å²) < 4.78 is 16.9. The van der Waals surface area contributed by atoms with Gasteiger partial charge in [0.1, 0.15) is 18.1 Å². The fourth-order valence-electron chi connectivity index (χ4n) is 4.08. The van der Waals surface area contributed by atoms with Gasteiger partial charge in [-0.25, -0.2) is 4.79 Å². The number of benzene rings is 3. The van der Waals surface area contributed by atoms with Crippen molar-refractivity contribution >= 4 is 23.1 Å². The minimum absolute atomic E-state index is 0.338. The Kier molecular flexibility index (Phi) is 10.0. The summed E-state index contributed by atoms with van der Waals surface area (Å²) >= 11 is 6.14. The van der Waals surface area contributed by atoms with Crippen molar-refractivity contribution in [1.82, 2.24) is 4.90 Å². The highest BCUT2D eigenvalue weighted by Gasteiger charge is 2.14. The van der Waals surface area contributed by atoms with E-state index < -0.39 is 12.1 Å². The summed E-state index contributed by atoms with van der Waals surface area (Å²) in [5.41, 5.74) is 4.85. The van der Waals surface area contributed by atoms with E-state index in [1.807, 2.05) is 55.5 Å². The van der Waals surface area contributed by atoms with Crippen molar-refractivity contribution in [3.05, 3.63) is 100 Å². The van der Waals surface area contributed by atoms with Crippen LogP contribution >= 0.6 is 11.6 Å². The Morgan fingerprint density at radius 1 is 1.08 bits per heavy atom. The van der Waals surface area contributed by atoms with Crippen LogP contribution in [0.25, 0.3) is 5.57 Å². The fourth-order valence-corrected chi connectivity index (χ4v) is 4.21. The molecule has 7 heteroatoms. The number of halogens is 1. The molecule has 6 nitrogen and oxygen atoms in total. The third-order valence-corrected chi connectivity index (χ3v) is 6.58. The number of carbonyl (C=O) groups is 1. The van der Waals surface area contributed by atoms with E-state index in [1.165, 1.54) is 6.92 Å². The zero-order valence-electron chi connectivity index (χ0n) is 22.2. The molecule has 1 fully saturated rings. The molecule has 3 aromatic rings. The van der Waals surface area contributed by atoms with E-state index in [2.05, 4.69) is 28.9 Å². The molecule has 1 atom stereocenters. The lowest BCUT2D eigenvalue weighted by Crippen LogP contribution is -2.36. The second kappa shape index (κ2) is 13.9. The molecule has 0 aromatic heterocycles. The molecule has 1 saturated heterocycles. The lowest BCUT2D eigenvalue weighted by atomic mass is 9.97. The van der Waals surface area contributed by atoms with Gasteiger partial charge in [0.2, 0.25) is 0 Å². The van der Waals surface area contributed by atoms with Gasteiger partial charge in [0.15, 0.2) is 6.10 Å². The number of hydrogen-bond acceptors (Lipinski definition) is 5. The molecular formula is C32H32ClNO5. The minimum atomic E-state index is -1.01. The van der Waals surface area contributed by atoms with Crippen molar-refractivity contribution in [2.75, 3.05) is 39.5 Å². The Balaban J connectivity index is 1.46. The van der Waals surface area contributed by atoms with Crippen LogP contribution in [0.2, 0.25) is 5.02 Å². The topological polar surface area (TPSA) is 68.2 Å². The van der Waals surface area contributed by atoms with Crippen LogP contribution in [0.1, 0.15) is 29.2 Å². The summed E-state index contributed by atoms with van der Waals surface area (Å²) in [5, 5.41) is 9.76. The van der Waals surface area contributed by atoms with Crippen molar-refractivity contribution < 1.29 is 24.1 Å². The van der Waals surface area contributed by atoms with Crippen LogP contribution in [0.5, 0.6) is 11.5 Å². The van der Waals surface area contributed by atoms with Crippen LogP contribution in [-0.4, -0.2) is 61.5 Å². The monoisotopic (exact) mass is 545 g/mol. The van der Waals surface area contributed by atoms with E-state index in [-0.39, 0.29) is 0 Å². The predicted molar refractivity (Wildman–Crippen MR) is 154 cm³/mol. The second-order valence-electron chi connectivity index (χ2n) is 9.23. The molecule has 0 amide bonds. The Labute approximate surface area is 234 Å². The molecule has 1 N–H and O–H groups in total. The van der Waals surface area contributed by atoms with Gasteiger partial charge in [-0.3, -0.25) is 4.90 Å². The second-order valence-corrected chi connectivity index (χ2v) is 9.67. The van der Waals surface area contributed by atoms with E-state index in [0.717, 1.165) is 60.7 Å². The summed E-state index contributed by atoms with van der Waals surface area (Å²) in [7, 11) is 0. The van der Waals surface area contributed by atoms with Crippen LogP contribution < -0.4 is 9.47 Å². The van der Waals surface area contributed by atoms with Crippen molar-refractivity contribution in [2.24, 2.45) is 0 Å². The van der Waals surface area contributed by atoms with Crippen LogP contribution in [0, 0.1) is 18.8 Å². The summed E-state index contributed by atoms with van der Waals surface area (Å²) in [6.45, 7) is 7.82. The first kappa shape index (κ1) is 28.3. The fraction of sp³-hybridized carbons (Fsp3) is 0.281. The molecule has 39 heavy (non-hydrogen) atoms. The highest BCUT2D eigenvalue weighted by atomic mass is 35.5. The average molecular weight is 546 g/mol. The van der Waals surface area contributed by atoms with Gasteiger partial charge in [0.25, 0.3) is 0 Å². The van der Waals surface area contributed by atoms with Crippen molar-refractivity contribution in [1.29, 1.82) is 0 Å². The first-order valence-electron chi connectivity index (χ1n) is 12.9. The zero-order valence-corrected chi connectivity index (χ0v) is 22.9. The minimum Gasteiger partial charge on any atom is -0.489 e. The Hall–Kier alpha value is -3.76. The third kappa shape index (κ3) is 8.36. The van der Waals surface area contributed by atoms with Crippen LogP contribution in [0.15, 0.2) is 72.8 Å². The number of carboxylic acid groups (broad SMARTS) is 1. The van der Waals surface area contributed by atoms with Crippen LogP contribution in [0.4, 0.5) is 0 Å². The number of morpholine rings is 1. The molecule has 0 radical (unpaired) electrons. The quantitative estimate of drug-likeness (QED) is 0.348. The molecule has 1 aliphatic heterocycles. The SMILES string of the molecule is Cc1cc(OC/C=C(/c2ccc(Cl)cc2)c2ccc(C#CCN3CCOCC3)cc2)ccc1OC(C)C(=O)O. The van der Waals surface area contributed by atoms with E-state index in [4.69, 9.17) is 30.9 Å². The van der Waals surface area contributed by atoms with Crippen molar-refractivity contribution in [3.63, 3.8) is 0 Å². The number of nitrogens with zero attached hydrogens (tertiary/aromatic N) is 1. The Morgan fingerprint density at radius 2 is 1.74 bits per heavy atom. The summed E-state index contributed by atoms with van der Waals surface area (Å²) in [6.07, 6.45) is 1.11. The van der Waals surface area contributed by atoms with Crippen LogP contribution in [-0.2, 0) is 9.53 Å². The smallest absolute Gasteiger partial charge is 0.344 e. The molecule has 0 spiro atoms. The summed E-state index contributed by atoms with van der Waals surface area (Å²) in [6, 6.07) is 21.3. The molecule has 0 saturated carbocycles. The van der Waals surface area contributed by atoms with E-state index in [1.54, 1.807) is 12.1 Å². The predicted octanol–water partition coefficient (Wildman–Crippen LogP) is 5.69. The molecule has 1 unspecified atom stereocenters. The average Bonchev–Trinajstić information content (AvgIpc) is 2.94. The van der Waals surface area contributed by atoms with Gasteiger partial charge in [-0.15, -0.1) is 0 Å².